The molecule has 1 aliphatic rings. The minimum atomic E-state index is -0.911. The van der Waals surface area contributed by atoms with Crippen LogP contribution in [0.5, 0.6) is 0 Å². The Hall–Kier alpha value is -4.77. The van der Waals surface area contributed by atoms with Crippen molar-refractivity contribution in [2.45, 2.75) is 25.8 Å². The van der Waals surface area contributed by atoms with E-state index >= 15 is 0 Å². The van der Waals surface area contributed by atoms with E-state index in [0.29, 0.717) is 34.8 Å². The van der Waals surface area contributed by atoms with Crippen molar-refractivity contribution in [1.82, 2.24) is 10.2 Å². The standard InChI is InChI=1S/C34H31N3O2/c1-2-3-23-35-33(38)32-28-21-13-14-22-29(28)36-31(26-17-9-5-10-18-26)30(24-25-15-7-4-8-16-25)37(32)34(39)27-19-11-6-12-20-27/h4-22,24,32H,2-3,23H2,1H3,(H,35,38)/b30-24-. The van der Waals surface area contributed by atoms with E-state index in [9.17, 15) is 9.59 Å². The number of benzene rings is 4. The van der Waals surface area contributed by atoms with Crippen molar-refractivity contribution < 1.29 is 9.59 Å². The smallest absolute Gasteiger partial charge is 0.259 e. The summed E-state index contributed by atoms with van der Waals surface area (Å²) < 4.78 is 0. The summed E-state index contributed by atoms with van der Waals surface area (Å²) in [5.41, 5.74) is 4.78. The molecule has 0 spiro atoms. The van der Waals surface area contributed by atoms with Crippen LogP contribution in [-0.2, 0) is 4.79 Å². The van der Waals surface area contributed by atoms with Crippen LogP contribution in [-0.4, -0.2) is 29.0 Å². The van der Waals surface area contributed by atoms with Crippen molar-refractivity contribution in [3.63, 3.8) is 0 Å². The summed E-state index contributed by atoms with van der Waals surface area (Å²) in [7, 11) is 0. The molecule has 0 saturated heterocycles. The van der Waals surface area contributed by atoms with Crippen LogP contribution in [0.4, 0.5) is 5.69 Å². The summed E-state index contributed by atoms with van der Waals surface area (Å²) in [5, 5.41) is 3.09. The van der Waals surface area contributed by atoms with Gasteiger partial charge in [-0.3, -0.25) is 14.5 Å². The minimum Gasteiger partial charge on any atom is -0.354 e. The van der Waals surface area contributed by atoms with Gasteiger partial charge in [-0.25, -0.2) is 4.99 Å². The Morgan fingerprint density at radius 2 is 1.44 bits per heavy atom. The first-order valence-corrected chi connectivity index (χ1v) is 13.3. The molecule has 2 amide bonds. The molecule has 1 aliphatic heterocycles. The molecule has 0 radical (unpaired) electrons. The zero-order chi connectivity index (χ0) is 27.0. The number of unbranched alkanes of at least 4 members (excludes halogenated alkanes) is 1. The maximum atomic E-state index is 14.4. The molecule has 39 heavy (non-hydrogen) atoms. The van der Waals surface area contributed by atoms with Crippen molar-refractivity contribution in [2.24, 2.45) is 4.99 Å². The first-order valence-electron chi connectivity index (χ1n) is 13.3. The molecule has 5 rings (SSSR count). The van der Waals surface area contributed by atoms with Crippen molar-refractivity contribution >= 4 is 29.3 Å². The lowest BCUT2D eigenvalue weighted by Gasteiger charge is -2.32. The highest BCUT2D eigenvalue weighted by Crippen LogP contribution is 2.39. The third kappa shape index (κ3) is 5.73. The highest BCUT2D eigenvalue weighted by molar-refractivity contribution is 6.19. The first kappa shape index (κ1) is 25.9. The molecule has 1 N–H and O–H groups in total. The van der Waals surface area contributed by atoms with Gasteiger partial charge in [0.25, 0.3) is 5.91 Å². The fourth-order valence-corrected chi connectivity index (χ4v) is 4.73. The van der Waals surface area contributed by atoms with E-state index in [0.717, 1.165) is 24.0 Å². The Bertz CT molecular complexity index is 1500. The molecule has 0 fully saturated rings. The second kappa shape index (κ2) is 12.2. The van der Waals surface area contributed by atoms with Crippen LogP contribution in [0, 0.1) is 0 Å². The Morgan fingerprint density at radius 3 is 2.13 bits per heavy atom. The zero-order valence-electron chi connectivity index (χ0n) is 22.0. The number of rotatable bonds is 7. The van der Waals surface area contributed by atoms with Crippen LogP contribution in [0.2, 0.25) is 0 Å². The lowest BCUT2D eigenvalue weighted by Crippen LogP contribution is -2.44. The summed E-state index contributed by atoms with van der Waals surface area (Å²) in [5.74, 6) is -0.502. The molecule has 5 nitrogen and oxygen atoms in total. The molecule has 0 bridgehead atoms. The van der Waals surface area contributed by atoms with E-state index in [1.807, 2.05) is 109 Å². The highest BCUT2D eigenvalue weighted by atomic mass is 16.2. The van der Waals surface area contributed by atoms with Gasteiger partial charge >= 0.3 is 0 Å². The normalized spacial score (nSPS) is 15.7. The van der Waals surface area contributed by atoms with Gasteiger partial charge in [0.1, 0.15) is 6.04 Å². The number of hydrogen-bond donors (Lipinski definition) is 1. The van der Waals surface area contributed by atoms with Gasteiger partial charge in [0.05, 0.1) is 17.1 Å². The minimum absolute atomic E-state index is 0.233. The topological polar surface area (TPSA) is 61.8 Å². The molecular weight excluding hydrogens is 482 g/mol. The SMILES string of the molecule is CCCCNC(=O)C1c2ccccc2N=C(c2ccccc2)/C(=C/c2ccccc2)N1C(=O)c1ccccc1. The molecule has 1 heterocycles. The molecule has 5 heteroatoms. The molecule has 194 valence electrons. The molecule has 0 saturated carbocycles. The Balaban J connectivity index is 1.79. The first-order chi connectivity index (χ1) is 19.2. The van der Waals surface area contributed by atoms with Crippen LogP contribution in [0.1, 0.15) is 52.9 Å². The van der Waals surface area contributed by atoms with Gasteiger partial charge in [0, 0.05) is 23.2 Å². The summed E-state index contributed by atoms with van der Waals surface area (Å²) in [6, 6.07) is 35.4. The van der Waals surface area contributed by atoms with Crippen LogP contribution in [0.3, 0.4) is 0 Å². The molecule has 0 aromatic heterocycles. The number of amides is 2. The quantitative estimate of drug-likeness (QED) is 0.272. The monoisotopic (exact) mass is 513 g/mol. The van der Waals surface area contributed by atoms with E-state index in [2.05, 4.69) is 12.2 Å². The van der Waals surface area contributed by atoms with Crippen molar-refractivity contribution in [2.75, 3.05) is 6.54 Å². The Morgan fingerprint density at radius 1 is 0.821 bits per heavy atom. The zero-order valence-corrected chi connectivity index (χ0v) is 22.0. The average molecular weight is 514 g/mol. The molecule has 1 unspecified atom stereocenters. The maximum absolute atomic E-state index is 14.4. The summed E-state index contributed by atoms with van der Waals surface area (Å²) in [4.78, 5) is 35.2. The Kier molecular flexibility index (Phi) is 8.08. The number of allylic oxidation sites excluding steroid dienone is 1. The number of carbonyl (C=O) groups excluding carboxylic acids is 2. The number of para-hydroxylation sites is 1. The molecule has 4 aromatic carbocycles. The van der Waals surface area contributed by atoms with E-state index in [4.69, 9.17) is 4.99 Å². The van der Waals surface area contributed by atoms with Gasteiger partial charge in [0.15, 0.2) is 0 Å². The summed E-state index contributed by atoms with van der Waals surface area (Å²) in [6.07, 6.45) is 3.75. The van der Waals surface area contributed by atoms with Gasteiger partial charge in [-0.2, -0.15) is 0 Å². The van der Waals surface area contributed by atoms with E-state index in [1.54, 1.807) is 17.0 Å². The van der Waals surface area contributed by atoms with Crippen LogP contribution in [0.25, 0.3) is 6.08 Å². The predicted molar refractivity (Wildman–Crippen MR) is 157 cm³/mol. The fourth-order valence-electron chi connectivity index (χ4n) is 4.73. The summed E-state index contributed by atoms with van der Waals surface area (Å²) in [6.45, 7) is 2.62. The maximum Gasteiger partial charge on any atom is 0.259 e. The third-order valence-corrected chi connectivity index (χ3v) is 6.69. The van der Waals surface area contributed by atoms with Crippen LogP contribution < -0.4 is 5.32 Å². The van der Waals surface area contributed by atoms with Gasteiger partial charge in [0.2, 0.25) is 5.91 Å². The van der Waals surface area contributed by atoms with E-state index in [-0.39, 0.29) is 11.8 Å². The van der Waals surface area contributed by atoms with Crippen molar-refractivity contribution in [3.05, 3.63) is 143 Å². The average Bonchev–Trinajstić information content (AvgIpc) is 3.13. The molecule has 4 aromatic rings. The predicted octanol–water partition coefficient (Wildman–Crippen LogP) is 6.96. The number of nitrogens with one attached hydrogen (secondary N) is 1. The van der Waals surface area contributed by atoms with Gasteiger partial charge in [-0.15, -0.1) is 0 Å². The van der Waals surface area contributed by atoms with E-state index < -0.39 is 6.04 Å². The number of fused-ring (bicyclic) bond motifs is 1. The lowest BCUT2D eigenvalue weighted by atomic mass is 9.98. The molecule has 0 aliphatic carbocycles. The summed E-state index contributed by atoms with van der Waals surface area (Å²) >= 11 is 0. The highest BCUT2D eigenvalue weighted by Gasteiger charge is 2.39. The molecular formula is C34H31N3O2. The largest absolute Gasteiger partial charge is 0.354 e. The Labute approximate surface area is 229 Å². The van der Waals surface area contributed by atoms with E-state index in [1.165, 1.54) is 0 Å². The van der Waals surface area contributed by atoms with Gasteiger partial charge < -0.3 is 5.32 Å². The fraction of sp³-hybridized carbons (Fsp3) is 0.147. The number of hydrogen-bond acceptors (Lipinski definition) is 3. The molecule has 1 atom stereocenters. The number of carbonyl (C=O) groups is 2. The lowest BCUT2D eigenvalue weighted by molar-refractivity contribution is -0.125. The number of aliphatic imine (C=N–C) groups is 1. The van der Waals surface area contributed by atoms with Crippen LogP contribution in [0.15, 0.2) is 126 Å². The third-order valence-electron chi connectivity index (χ3n) is 6.69. The number of nitrogens with zero attached hydrogens (tertiary/aromatic N) is 2. The van der Waals surface area contributed by atoms with Crippen molar-refractivity contribution in [1.29, 1.82) is 0 Å². The van der Waals surface area contributed by atoms with Gasteiger partial charge in [-0.1, -0.05) is 110 Å². The second-order valence-corrected chi connectivity index (χ2v) is 9.41. The van der Waals surface area contributed by atoms with Gasteiger partial charge in [-0.05, 0) is 36.3 Å². The van der Waals surface area contributed by atoms with Crippen LogP contribution >= 0.6 is 0 Å². The van der Waals surface area contributed by atoms with Crippen molar-refractivity contribution in [3.8, 4) is 0 Å². The second-order valence-electron chi connectivity index (χ2n) is 9.41.